The van der Waals surface area contributed by atoms with Crippen molar-refractivity contribution >= 4 is 40.9 Å². The number of hydrogen-bond donors (Lipinski definition) is 0. The van der Waals surface area contributed by atoms with E-state index in [2.05, 4.69) is 0 Å². The average molecular weight is 146 g/mol. The van der Waals surface area contributed by atoms with Gasteiger partial charge in [0.05, 0.1) is 0 Å². The SMILES string of the molecule is O=C=O.[Al+3].[Al+3].[O-2].[O-2].[O-2]. The summed E-state index contributed by atoms with van der Waals surface area (Å²) in [4.78, 5) is 16.2. The van der Waals surface area contributed by atoms with Crippen LogP contribution in [0.15, 0.2) is 0 Å². The molecule has 0 N–H and O–H groups in total. The Kier molecular flexibility index (Phi) is 1720. The van der Waals surface area contributed by atoms with Gasteiger partial charge in [-0.15, -0.1) is 0 Å². The van der Waals surface area contributed by atoms with Gasteiger partial charge in [-0.25, -0.2) is 0 Å². The van der Waals surface area contributed by atoms with Crippen molar-refractivity contribution in [1.29, 1.82) is 0 Å². The molecule has 0 aromatic heterocycles. The molecule has 5 nitrogen and oxygen atoms in total. The third-order valence-corrected chi connectivity index (χ3v) is 0. The van der Waals surface area contributed by atoms with Crippen molar-refractivity contribution in [2.24, 2.45) is 0 Å². The molecular weight excluding hydrogens is 146 g/mol. The van der Waals surface area contributed by atoms with Gasteiger partial charge in [-0.2, -0.15) is 9.59 Å². The van der Waals surface area contributed by atoms with Crippen LogP contribution in [-0.4, -0.2) is 40.9 Å². The summed E-state index contributed by atoms with van der Waals surface area (Å²) >= 11 is 0. The predicted molar refractivity (Wildman–Crippen MR) is 18.6 cm³/mol. The predicted octanol–water partition coefficient (Wildman–Crippen LogP) is -1.70. The monoisotopic (exact) mass is 146 g/mol. The largest absolute Gasteiger partial charge is 3.00 e. The van der Waals surface area contributed by atoms with Gasteiger partial charge in [0.25, 0.3) is 0 Å². The van der Waals surface area contributed by atoms with Crippen LogP contribution in [0.1, 0.15) is 0 Å². The Hall–Kier alpha value is 0.325. The summed E-state index contributed by atoms with van der Waals surface area (Å²) in [6.45, 7) is 0. The van der Waals surface area contributed by atoms with E-state index in [9.17, 15) is 0 Å². The van der Waals surface area contributed by atoms with E-state index in [0.717, 1.165) is 0 Å². The number of hydrogen-bond acceptors (Lipinski definition) is 2. The molecule has 0 fully saturated rings. The normalized spacial score (nSPS) is 1.00. The summed E-state index contributed by atoms with van der Waals surface area (Å²) in [6.07, 6.45) is 0.250. The van der Waals surface area contributed by atoms with Gasteiger partial charge < -0.3 is 16.4 Å². The molecule has 0 aromatic rings. The summed E-state index contributed by atoms with van der Waals surface area (Å²) in [5.74, 6) is 0. The van der Waals surface area contributed by atoms with Crippen LogP contribution in [0.3, 0.4) is 0 Å². The molecule has 40 valence electrons. The molecule has 0 unspecified atom stereocenters. The molecule has 8 heavy (non-hydrogen) atoms. The molecule has 0 saturated carbocycles. The summed E-state index contributed by atoms with van der Waals surface area (Å²) in [5, 5.41) is 0. The maximum atomic E-state index is 8.12. The minimum atomic E-state index is 0. The van der Waals surface area contributed by atoms with E-state index >= 15 is 0 Å². The van der Waals surface area contributed by atoms with E-state index in [0.29, 0.717) is 0 Å². The fourth-order valence-corrected chi connectivity index (χ4v) is 0. The fourth-order valence-electron chi connectivity index (χ4n) is 0. The molecule has 0 rings (SSSR count). The molecule has 0 spiro atoms. The van der Waals surface area contributed by atoms with Crippen molar-refractivity contribution in [2.45, 2.75) is 0 Å². The molecule has 0 heterocycles. The molecule has 0 aliphatic rings. The number of rotatable bonds is 0. The Labute approximate surface area is 67.3 Å². The first-order valence-corrected chi connectivity index (χ1v) is 0.408. The molecule has 0 atom stereocenters. The smallest absolute Gasteiger partial charge is 2.00 e. The van der Waals surface area contributed by atoms with Gasteiger partial charge in [0.15, 0.2) is 0 Å². The second kappa shape index (κ2) is 167. The zero-order valence-electron chi connectivity index (χ0n) is 3.70. The summed E-state index contributed by atoms with van der Waals surface area (Å²) < 4.78 is 0. The fraction of sp³-hybridized carbons (Fsp3) is 0. The molecule has 0 radical (unpaired) electrons. The third-order valence-electron chi connectivity index (χ3n) is 0. The minimum absolute atomic E-state index is 0. The molecule has 0 bridgehead atoms. The molecule has 0 aromatic carbocycles. The van der Waals surface area contributed by atoms with E-state index in [1.807, 2.05) is 0 Å². The zero-order chi connectivity index (χ0) is 2.71. The van der Waals surface area contributed by atoms with Gasteiger partial charge in [-0.3, -0.25) is 0 Å². The average Bonchev–Trinajstić information content (AvgIpc) is 0.918. The van der Waals surface area contributed by atoms with Crippen molar-refractivity contribution in [2.75, 3.05) is 0 Å². The van der Waals surface area contributed by atoms with Gasteiger partial charge >= 0.3 is 40.9 Å². The van der Waals surface area contributed by atoms with Crippen LogP contribution < -0.4 is 0 Å². The first-order chi connectivity index (χ1) is 1.41. The van der Waals surface area contributed by atoms with Crippen molar-refractivity contribution < 1.29 is 26.0 Å². The maximum absolute atomic E-state index is 8.12. The summed E-state index contributed by atoms with van der Waals surface area (Å²) in [5.41, 5.74) is 0. The van der Waals surface area contributed by atoms with Gasteiger partial charge in [0.1, 0.15) is 0 Å². The Morgan fingerprint density at radius 1 is 0.750 bits per heavy atom. The van der Waals surface area contributed by atoms with Gasteiger partial charge in [-0.1, -0.05) is 0 Å². The third kappa shape index (κ3) is 1700. The van der Waals surface area contributed by atoms with Crippen LogP contribution in [0, 0.1) is 0 Å². The van der Waals surface area contributed by atoms with E-state index in [1.54, 1.807) is 0 Å². The molecule has 0 aliphatic carbocycles. The molecule has 7 heteroatoms. The van der Waals surface area contributed by atoms with E-state index < -0.39 is 0 Å². The van der Waals surface area contributed by atoms with Gasteiger partial charge in [0, 0.05) is 0 Å². The second-order valence-corrected chi connectivity index (χ2v) is 0.0833. The van der Waals surface area contributed by atoms with Crippen LogP contribution in [-0.2, 0) is 26.0 Å². The van der Waals surface area contributed by atoms with E-state index in [1.165, 1.54) is 0 Å². The molecule has 0 saturated heterocycles. The maximum Gasteiger partial charge on any atom is 3.00 e. The number of carbonyl (C=O) groups excluding carboxylic acids is 2. The van der Waals surface area contributed by atoms with Crippen LogP contribution in [0.25, 0.3) is 0 Å². The second-order valence-electron chi connectivity index (χ2n) is 0.0833. The van der Waals surface area contributed by atoms with Crippen LogP contribution in [0.5, 0.6) is 0 Å². The van der Waals surface area contributed by atoms with Crippen LogP contribution in [0.2, 0.25) is 0 Å². The molecule has 0 aliphatic heterocycles. The van der Waals surface area contributed by atoms with E-state index in [4.69, 9.17) is 9.59 Å². The summed E-state index contributed by atoms with van der Waals surface area (Å²) in [6, 6.07) is 0. The van der Waals surface area contributed by atoms with Crippen LogP contribution in [0.4, 0.5) is 0 Å². The van der Waals surface area contributed by atoms with Gasteiger partial charge in [-0.05, 0) is 0 Å². The summed E-state index contributed by atoms with van der Waals surface area (Å²) in [7, 11) is 0. The molecular formula is CAl2O5. The van der Waals surface area contributed by atoms with Crippen molar-refractivity contribution in [3.63, 3.8) is 0 Å². The van der Waals surface area contributed by atoms with Crippen LogP contribution >= 0.6 is 0 Å². The minimum Gasteiger partial charge on any atom is -2.00 e. The van der Waals surface area contributed by atoms with Crippen molar-refractivity contribution in [1.82, 2.24) is 0 Å². The Bertz CT molecular complexity index is 31.4. The Morgan fingerprint density at radius 2 is 0.750 bits per heavy atom. The standard InChI is InChI=1S/CO2.2Al.3O/c2-1-3;;;;;/q;2*+3;3*-2. The topological polar surface area (TPSA) is 120 Å². The molecule has 0 amide bonds. The Balaban J connectivity index is -0.00000000200. The zero-order valence-corrected chi connectivity index (χ0v) is 6.01. The first-order valence-electron chi connectivity index (χ1n) is 0.408. The van der Waals surface area contributed by atoms with Gasteiger partial charge in [0.2, 0.25) is 0 Å². The van der Waals surface area contributed by atoms with Crippen molar-refractivity contribution in [3.8, 4) is 0 Å². The Morgan fingerprint density at radius 3 is 0.750 bits per heavy atom. The first kappa shape index (κ1) is 82.6. The quantitative estimate of drug-likeness (QED) is 0.378. The van der Waals surface area contributed by atoms with E-state index in [-0.39, 0.29) is 57.3 Å². The van der Waals surface area contributed by atoms with Crippen molar-refractivity contribution in [3.05, 3.63) is 0 Å².